The van der Waals surface area contributed by atoms with Crippen molar-refractivity contribution in [3.05, 3.63) is 28.2 Å². The van der Waals surface area contributed by atoms with Gasteiger partial charge in [0.2, 0.25) is 6.41 Å². The summed E-state index contributed by atoms with van der Waals surface area (Å²) in [6.07, 6.45) is 3.55. The molecule has 0 aliphatic carbocycles. The Labute approximate surface area is 187 Å². The van der Waals surface area contributed by atoms with E-state index in [2.05, 4.69) is 29.0 Å². The molecule has 7 heteroatoms. The molecule has 0 aromatic heterocycles. The zero-order valence-corrected chi connectivity index (χ0v) is 20.0. The van der Waals surface area contributed by atoms with Crippen molar-refractivity contribution in [3.63, 3.8) is 0 Å². The maximum atomic E-state index is 10.6. The Morgan fingerprint density at radius 2 is 1.66 bits per heavy atom. The van der Waals surface area contributed by atoms with E-state index in [1.807, 2.05) is 26.0 Å². The average molecular weight is 445 g/mol. The van der Waals surface area contributed by atoms with Crippen molar-refractivity contribution in [1.82, 2.24) is 15.1 Å². The van der Waals surface area contributed by atoms with Crippen LogP contribution < -0.4 is 10.2 Å². The molecule has 1 unspecified atom stereocenters. The Morgan fingerprint density at radius 3 is 2.17 bits per heavy atom. The fourth-order valence-electron chi connectivity index (χ4n) is 3.49. The molecule has 0 bridgehead atoms. The molecule has 2 aliphatic rings. The average Bonchev–Trinajstić information content (AvgIpc) is 2.78. The van der Waals surface area contributed by atoms with Crippen LogP contribution in [0.5, 0.6) is 0 Å². The molecule has 1 atom stereocenters. The lowest BCUT2D eigenvalue weighted by Gasteiger charge is -2.34. The summed E-state index contributed by atoms with van der Waals surface area (Å²) in [5, 5.41) is 4.50. The number of benzene rings is 1. The van der Waals surface area contributed by atoms with Crippen molar-refractivity contribution in [2.24, 2.45) is 0 Å². The van der Waals surface area contributed by atoms with E-state index in [-0.39, 0.29) is 0 Å². The Balaban J connectivity index is 0.000000284. The normalized spacial score (nSPS) is 18.1. The van der Waals surface area contributed by atoms with Gasteiger partial charge >= 0.3 is 0 Å². The zero-order valence-electron chi connectivity index (χ0n) is 18.5. The van der Waals surface area contributed by atoms with Gasteiger partial charge in [-0.25, -0.2) is 0 Å². The van der Waals surface area contributed by atoms with Crippen molar-refractivity contribution in [1.29, 1.82) is 0 Å². The van der Waals surface area contributed by atoms with E-state index >= 15 is 0 Å². The van der Waals surface area contributed by atoms with Crippen LogP contribution in [0, 0.1) is 0 Å². The van der Waals surface area contributed by atoms with Crippen LogP contribution in [0.25, 0.3) is 0 Å². The van der Waals surface area contributed by atoms with E-state index in [0.29, 0.717) is 10.0 Å². The van der Waals surface area contributed by atoms with Gasteiger partial charge in [0.15, 0.2) is 0 Å². The van der Waals surface area contributed by atoms with Gasteiger partial charge in [-0.2, -0.15) is 0 Å². The first-order valence-corrected chi connectivity index (χ1v) is 11.6. The van der Waals surface area contributed by atoms with Gasteiger partial charge in [-0.15, -0.1) is 0 Å². The van der Waals surface area contributed by atoms with E-state index in [1.54, 1.807) is 11.0 Å². The minimum Gasteiger partial charge on any atom is -0.368 e. The van der Waals surface area contributed by atoms with Crippen LogP contribution in [-0.4, -0.2) is 74.6 Å². The first-order valence-electron chi connectivity index (χ1n) is 10.9. The van der Waals surface area contributed by atoms with Gasteiger partial charge in [0.05, 0.1) is 10.0 Å². The Morgan fingerprint density at radius 1 is 1.03 bits per heavy atom. The minimum atomic E-state index is 0.567. The van der Waals surface area contributed by atoms with Crippen molar-refractivity contribution in [3.8, 4) is 0 Å². The summed E-state index contributed by atoms with van der Waals surface area (Å²) < 4.78 is 0. The first kappa shape index (κ1) is 26.0. The molecule has 1 aromatic carbocycles. The molecule has 2 fully saturated rings. The third kappa shape index (κ3) is 9.12. The quantitative estimate of drug-likeness (QED) is 0.683. The van der Waals surface area contributed by atoms with Gasteiger partial charge in [-0.3, -0.25) is 9.69 Å². The standard InChI is InChI=1S/C11H12Cl2N2O.C9H20N2.C2H6/c12-10-2-1-9(7-11(10)13)15-5-3-14(8-16)4-6-15;1-3-4-9(2)11-7-5-10-6-8-11;1-2/h1-2,7-8H,3-6H2;9-10H,3-8H2,1-2H3;1-2H3. The lowest BCUT2D eigenvalue weighted by Crippen LogP contribution is -2.47. The topological polar surface area (TPSA) is 38.8 Å². The number of carbonyl (C=O) groups excluding carboxylic acids is 1. The molecule has 3 rings (SSSR count). The predicted octanol–water partition coefficient (Wildman–Crippen LogP) is 4.38. The van der Waals surface area contributed by atoms with Crippen molar-refractivity contribution in [2.45, 2.75) is 46.6 Å². The number of piperazine rings is 2. The SMILES string of the molecule is CC.CCCC(C)N1CCNCC1.O=CN1CCN(c2ccc(Cl)c(Cl)c2)CC1. The highest BCUT2D eigenvalue weighted by atomic mass is 35.5. The fraction of sp³-hybridized carbons (Fsp3) is 0.682. The second kappa shape index (κ2) is 14.9. The Hall–Kier alpha value is -1.01. The van der Waals surface area contributed by atoms with E-state index < -0.39 is 0 Å². The number of nitrogens with one attached hydrogen (secondary N) is 1. The number of hydrogen-bond donors (Lipinski definition) is 1. The number of halogens is 2. The molecule has 0 saturated carbocycles. The molecule has 1 aromatic rings. The van der Waals surface area contributed by atoms with Crippen molar-refractivity contribution in [2.75, 3.05) is 57.3 Å². The second-order valence-corrected chi connectivity index (χ2v) is 7.96. The molecule has 1 amide bonds. The molecule has 2 saturated heterocycles. The molecule has 29 heavy (non-hydrogen) atoms. The summed E-state index contributed by atoms with van der Waals surface area (Å²) in [5.74, 6) is 0. The summed E-state index contributed by atoms with van der Waals surface area (Å²) in [4.78, 5) is 17.1. The summed E-state index contributed by atoms with van der Waals surface area (Å²) in [6.45, 7) is 16.6. The van der Waals surface area contributed by atoms with E-state index in [0.717, 1.165) is 44.3 Å². The lowest BCUT2D eigenvalue weighted by molar-refractivity contribution is -0.118. The van der Waals surface area contributed by atoms with Gasteiger partial charge in [0.1, 0.15) is 0 Å². The van der Waals surface area contributed by atoms with E-state index in [9.17, 15) is 4.79 Å². The number of hydrogen-bond acceptors (Lipinski definition) is 4. The van der Waals surface area contributed by atoms with Crippen LogP contribution in [0.4, 0.5) is 5.69 Å². The number of carbonyl (C=O) groups is 1. The highest BCUT2D eigenvalue weighted by molar-refractivity contribution is 6.42. The summed E-state index contributed by atoms with van der Waals surface area (Å²) in [5.41, 5.74) is 1.06. The number of rotatable bonds is 5. The van der Waals surface area contributed by atoms with Gasteiger partial charge < -0.3 is 15.1 Å². The lowest BCUT2D eigenvalue weighted by atomic mass is 10.1. The van der Waals surface area contributed by atoms with Crippen LogP contribution >= 0.6 is 23.2 Å². The summed E-state index contributed by atoms with van der Waals surface area (Å²) >= 11 is 11.8. The highest BCUT2D eigenvalue weighted by Gasteiger charge is 2.16. The molecule has 2 aliphatic heterocycles. The predicted molar refractivity (Wildman–Crippen MR) is 126 cm³/mol. The molecule has 5 nitrogen and oxygen atoms in total. The van der Waals surface area contributed by atoms with Crippen molar-refractivity contribution >= 4 is 35.3 Å². The molecular weight excluding hydrogens is 407 g/mol. The Kier molecular flexibility index (Phi) is 13.4. The van der Waals surface area contributed by atoms with Crippen LogP contribution in [0.1, 0.15) is 40.5 Å². The maximum Gasteiger partial charge on any atom is 0.209 e. The van der Waals surface area contributed by atoms with E-state index in [1.165, 1.54) is 39.0 Å². The van der Waals surface area contributed by atoms with Gasteiger partial charge in [-0.1, -0.05) is 50.4 Å². The molecular formula is C22H38Cl2N4O. The number of anilines is 1. The van der Waals surface area contributed by atoms with Gasteiger partial charge in [-0.05, 0) is 31.5 Å². The third-order valence-corrected chi connectivity index (χ3v) is 5.95. The molecule has 2 heterocycles. The van der Waals surface area contributed by atoms with Crippen molar-refractivity contribution < 1.29 is 4.79 Å². The summed E-state index contributed by atoms with van der Waals surface area (Å²) in [7, 11) is 0. The van der Waals surface area contributed by atoms with Crippen LogP contribution in [0.15, 0.2) is 18.2 Å². The Bertz CT molecular complexity index is 574. The smallest absolute Gasteiger partial charge is 0.209 e. The van der Waals surface area contributed by atoms with Gasteiger partial charge in [0.25, 0.3) is 0 Å². The monoisotopic (exact) mass is 444 g/mol. The fourth-order valence-corrected chi connectivity index (χ4v) is 3.78. The van der Waals surface area contributed by atoms with E-state index in [4.69, 9.17) is 23.2 Å². The first-order chi connectivity index (χ1) is 14.0. The van der Waals surface area contributed by atoms with Crippen LogP contribution in [0.2, 0.25) is 10.0 Å². The van der Waals surface area contributed by atoms with Crippen LogP contribution in [-0.2, 0) is 4.79 Å². The minimum absolute atomic E-state index is 0.567. The maximum absolute atomic E-state index is 10.6. The molecule has 166 valence electrons. The largest absolute Gasteiger partial charge is 0.368 e. The molecule has 1 N–H and O–H groups in total. The summed E-state index contributed by atoms with van der Waals surface area (Å²) in [6, 6.07) is 6.40. The highest BCUT2D eigenvalue weighted by Crippen LogP contribution is 2.27. The van der Waals surface area contributed by atoms with Crippen LogP contribution in [0.3, 0.4) is 0 Å². The zero-order chi connectivity index (χ0) is 21.6. The molecule has 0 radical (unpaired) electrons. The molecule has 0 spiro atoms. The second-order valence-electron chi connectivity index (χ2n) is 7.15. The third-order valence-electron chi connectivity index (χ3n) is 5.21. The number of amides is 1. The van der Waals surface area contributed by atoms with Gasteiger partial charge in [0, 0.05) is 64.1 Å². The number of nitrogens with zero attached hydrogens (tertiary/aromatic N) is 3.